The molecule has 2 atom stereocenters. The average molecular weight is 355 g/mol. The number of carbonyl (C=O) groups is 1. The van der Waals surface area contributed by atoms with Crippen molar-refractivity contribution < 1.29 is 32.6 Å². The molecule has 0 bridgehead atoms. The smallest absolute Gasteiger partial charge is 0.368 e. The van der Waals surface area contributed by atoms with Gasteiger partial charge in [0.05, 0.1) is 0 Å². The third-order valence-corrected chi connectivity index (χ3v) is 4.52. The van der Waals surface area contributed by atoms with Crippen molar-refractivity contribution >= 4 is 25.2 Å². The second-order valence-corrected chi connectivity index (χ2v) is 6.85. The molecule has 1 rings (SSSR count). The third-order valence-electron chi connectivity index (χ3n) is 2.67. The van der Waals surface area contributed by atoms with E-state index in [9.17, 15) is 18.6 Å². The van der Waals surface area contributed by atoms with Crippen LogP contribution in [0, 0.1) is 5.82 Å². The molecule has 0 fully saturated rings. The summed E-state index contributed by atoms with van der Waals surface area (Å²) in [5, 5.41) is 0.191. The van der Waals surface area contributed by atoms with Crippen LogP contribution in [-0.2, 0) is 18.6 Å². The molecule has 22 heavy (non-hydrogen) atoms. The Morgan fingerprint density at radius 3 is 2.73 bits per heavy atom. The third kappa shape index (κ3) is 5.57. The Hall–Kier alpha value is -1.14. The minimum absolute atomic E-state index is 0.155. The number of ether oxygens (including phenoxy) is 2. The van der Waals surface area contributed by atoms with Gasteiger partial charge in [-0.2, -0.15) is 0 Å². The first-order valence-electron chi connectivity index (χ1n) is 6.45. The van der Waals surface area contributed by atoms with Crippen molar-refractivity contribution in [2.24, 2.45) is 0 Å². The summed E-state index contributed by atoms with van der Waals surface area (Å²) in [6.07, 6.45) is 0.668. The minimum atomic E-state index is -4.06. The molecule has 0 saturated carbocycles. The molecule has 1 aromatic rings. The van der Waals surface area contributed by atoms with Gasteiger partial charge >= 0.3 is 13.6 Å². The van der Waals surface area contributed by atoms with Crippen LogP contribution in [0.1, 0.15) is 19.8 Å². The van der Waals surface area contributed by atoms with E-state index in [1.165, 1.54) is 12.1 Å². The molecule has 6 nitrogen and oxygen atoms in total. The lowest BCUT2D eigenvalue weighted by Gasteiger charge is -2.21. The highest BCUT2D eigenvalue weighted by Crippen LogP contribution is 2.49. The van der Waals surface area contributed by atoms with E-state index in [2.05, 4.69) is 4.52 Å². The Labute approximate surface area is 132 Å². The summed E-state index contributed by atoms with van der Waals surface area (Å²) in [4.78, 5) is 21.2. The second kappa shape index (κ2) is 8.48. The Kier molecular flexibility index (Phi) is 7.29. The minimum Gasteiger partial charge on any atom is -0.479 e. The van der Waals surface area contributed by atoms with Crippen LogP contribution >= 0.6 is 19.2 Å². The van der Waals surface area contributed by atoms with Crippen LogP contribution in [0.2, 0.25) is 5.02 Å². The van der Waals surface area contributed by atoms with Crippen molar-refractivity contribution in [3.8, 4) is 5.75 Å². The first-order chi connectivity index (χ1) is 10.3. The van der Waals surface area contributed by atoms with E-state index < -0.39 is 31.8 Å². The molecule has 0 amide bonds. The van der Waals surface area contributed by atoms with Crippen LogP contribution in [0.5, 0.6) is 5.75 Å². The van der Waals surface area contributed by atoms with E-state index in [0.29, 0.717) is 6.42 Å². The molecule has 124 valence electrons. The fraction of sp³-hybridized carbons (Fsp3) is 0.462. The molecular formula is C13H17ClFO6P. The van der Waals surface area contributed by atoms with Gasteiger partial charge in [0.2, 0.25) is 5.85 Å². The fourth-order valence-electron chi connectivity index (χ4n) is 1.57. The van der Waals surface area contributed by atoms with Gasteiger partial charge in [-0.15, -0.1) is 0 Å². The Morgan fingerprint density at radius 2 is 2.18 bits per heavy atom. The normalized spacial score (nSPS) is 15.0. The summed E-state index contributed by atoms with van der Waals surface area (Å²) < 4.78 is 39.5. The first kappa shape index (κ1) is 18.9. The number of halogens is 2. The van der Waals surface area contributed by atoms with Crippen LogP contribution < -0.4 is 4.74 Å². The molecule has 0 aliphatic heterocycles. The lowest BCUT2D eigenvalue weighted by molar-refractivity contribution is -0.149. The fourth-order valence-corrected chi connectivity index (χ4v) is 2.80. The summed E-state index contributed by atoms with van der Waals surface area (Å²) in [6, 6.07) is 3.70. The van der Waals surface area contributed by atoms with Crippen LogP contribution in [0.25, 0.3) is 0 Å². The van der Waals surface area contributed by atoms with Gasteiger partial charge in [0.1, 0.15) is 0 Å². The van der Waals surface area contributed by atoms with E-state index in [4.69, 9.17) is 21.1 Å². The number of esters is 1. The summed E-state index contributed by atoms with van der Waals surface area (Å²) >= 11 is 5.59. The molecule has 0 radical (unpaired) electrons. The van der Waals surface area contributed by atoms with Crippen molar-refractivity contribution in [3.63, 3.8) is 0 Å². The zero-order valence-corrected chi connectivity index (χ0v) is 13.8. The van der Waals surface area contributed by atoms with Crippen molar-refractivity contribution in [2.45, 2.75) is 25.6 Å². The Bertz CT molecular complexity index is 567. The summed E-state index contributed by atoms with van der Waals surface area (Å²) in [5.74, 6) is -3.09. The number of carbonyl (C=O) groups excluding carboxylic acids is 1. The molecule has 0 heterocycles. The van der Waals surface area contributed by atoms with Crippen LogP contribution in [0.15, 0.2) is 18.2 Å². The van der Waals surface area contributed by atoms with Crippen molar-refractivity contribution in [2.75, 3.05) is 13.7 Å². The van der Waals surface area contributed by atoms with Crippen molar-refractivity contribution in [1.82, 2.24) is 0 Å². The van der Waals surface area contributed by atoms with Gasteiger partial charge in [0.25, 0.3) is 0 Å². The Balaban J connectivity index is 2.62. The molecule has 1 N–H and O–H groups in total. The predicted molar refractivity (Wildman–Crippen MR) is 78.5 cm³/mol. The standard InChI is InChI=1S/C13H17ClFO6P/c1-3-4-13(22(17,18)19-2)21-12(16)8-20-11-6-5-9(14)7-10(11)15/h5-7,13H,3-4,8H2,1-2H3,(H,17,18). The quantitative estimate of drug-likeness (QED) is 0.569. The van der Waals surface area contributed by atoms with Crippen molar-refractivity contribution in [3.05, 3.63) is 29.0 Å². The lowest BCUT2D eigenvalue weighted by Crippen LogP contribution is -2.23. The number of hydrogen-bond donors (Lipinski definition) is 1. The summed E-state index contributed by atoms with van der Waals surface area (Å²) in [7, 11) is -3.00. The topological polar surface area (TPSA) is 82.1 Å². The zero-order chi connectivity index (χ0) is 16.8. The predicted octanol–water partition coefficient (Wildman–Crippen LogP) is 3.36. The monoisotopic (exact) mass is 354 g/mol. The molecule has 0 saturated heterocycles. The highest BCUT2D eigenvalue weighted by atomic mass is 35.5. The highest BCUT2D eigenvalue weighted by Gasteiger charge is 2.34. The molecule has 9 heteroatoms. The Morgan fingerprint density at radius 1 is 1.50 bits per heavy atom. The molecule has 0 spiro atoms. The number of benzene rings is 1. The summed E-state index contributed by atoms with van der Waals surface area (Å²) in [6.45, 7) is 1.15. The van der Waals surface area contributed by atoms with Gasteiger partial charge in [-0.3, -0.25) is 4.57 Å². The van der Waals surface area contributed by atoms with Gasteiger partial charge in [0, 0.05) is 12.1 Å². The molecule has 0 aliphatic carbocycles. The number of rotatable bonds is 8. The largest absolute Gasteiger partial charge is 0.479 e. The molecular weight excluding hydrogens is 338 g/mol. The van der Waals surface area contributed by atoms with E-state index in [-0.39, 0.29) is 17.2 Å². The number of hydrogen-bond acceptors (Lipinski definition) is 5. The second-order valence-electron chi connectivity index (χ2n) is 4.34. The van der Waals surface area contributed by atoms with Gasteiger partial charge < -0.3 is 18.9 Å². The van der Waals surface area contributed by atoms with E-state index in [1.54, 1.807) is 6.92 Å². The van der Waals surface area contributed by atoms with Crippen LogP contribution in [-0.4, -0.2) is 30.4 Å². The molecule has 0 aromatic heterocycles. The van der Waals surface area contributed by atoms with E-state index in [1.807, 2.05) is 0 Å². The lowest BCUT2D eigenvalue weighted by atomic mass is 10.3. The SMILES string of the molecule is CCCC(OC(=O)COc1ccc(Cl)cc1F)P(=O)(O)OC. The van der Waals surface area contributed by atoms with Gasteiger partial charge in [0.15, 0.2) is 18.2 Å². The average Bonchev–Trinajstić information content (AvgIpc) is 2.46. The van der Waals surface area contributed by atoms with Crippen molar-refractivity contribution in [1.29, 1.82) is 0 Å². The van der Waals surface area contributed by atoms with Gasteiger partial charge in [-0.05, 0) is 24.6 Å². The maximum absolute atomic E-state index is 13.5. The molecule has 2 unspecified atom stereocenters. The highest BCUT2D eigenvalue weighted by molar-refractivity contribution is 7.53. The van der Waals surface area contributed by atoms with E-state index >= 15 is 0 Å². The molecule has 1 aromatic carbocycles. The summed E-state index contributed by atoms with van der Waals surface area (Å²) in [5.41, 5.74) is 0. The maximum atomic E-state index is 13.5. The van der Waals surface area contributed by atoms with Crippen LogP contribution in [0.4, 0.5) is 4.39 Å². The maximum Gasteiger partial charge on any atom is 0.368 e. The first-order valence-corrected chi connectivity index (χ1v) is 8.48. The van der Waals surface area contributed by atoms with E-state index in [0.717, 1.165) is 13.2 Å². The van der Waals surface area contributed by atoms with Gasteiger partial charge in [-0.25, -0.2) is 9.18 Å². The van der Waals surface area contributed by atoms with Crippen LogP contribution in [0.3, 0.4) is 0 Å². The zero-order valence-electron chi connectivity index (χ0n) is 12.1. The van der Waals surface area contributed by atoms with Gasteiger partial charge in [-0.1, -0.05) is 24.9 Å². The molecule has 0 aliphatic rings.